The molecule has 18 heavy (non-hydrogen) atoms. The molecule has 0 saturated carbocycles. The molecule has 1 N–H and O–H groups in total. The van der Waals surface area contributed by atoms with Crippen molar-refractivity contribution in [3.05, 3.63) is 35.9 Å². The zero-order valence-electron chi connectivity index (χ0n) is 10.6. The molecule has 2 rings (SSSR count). The fourth-order valence-corrected chi connectivity index (χ4v) is 2.28. The fraction of sp³-hybridized carbons (Fsp3) is 0.462. The minimum absolute atomic E-state index is 0.0446. The topological polar surface area (TPSA) is 33.7 Å². The van der Waals surface area contributed by atoms with E-state index in [0.717, 1.165) is 12.1 Å². The molecule has 0 bridgehead atoms. The van der Waals surface area contributed by atoms with Crippen LogP contribution in [-0.2, 0) is 9.47 Å². The van der Waals surface area contributed by atoms with Crippen molar-refractivity contribution in [2.45, 2.75) is 19.1 Å². The van der Waals surface area contributed by atoms with Crippen molar-refractivity contribution < 1.29 is 9.47 Å². The lowest BCUT2D eigenvalue weighted by atomic mass is 10.0. The second-order valence-electron chi connectivity index (χ2n) is 4.28. The SMILES string of the molecule is COCCN1NC(=S)O[C@H](c2ccccc2)[C@@H]1C. The minimum Gasteiger partial charge on any atom is -0.460 e. The first-order valence-corrected chi connectivity index (χ1v) is 6.41. The number of rotatable bonds is 4. The summed E-state index contributed by atoms with van der Waals surface area (Å²) in [6, 6.07) is 10.3. The number of hydrogen-bond acceptors (Lipinski definition) is 4. The second-order valence-corrected chi connectivity index (χ2v) is 4.65. The van der Waals surface area contributed by atoms with Crippen LogP contribution in [0.5, 0.6) is 0 Å². The van der Waals surface area contributed by atoms with Gasteiger partial charge in [0.1, 0.15) is 6.10 Å². The molecule has 1 aromatic carbocycles. The van der Waals surface area contributed by atoms with Crippen molar-refractivity contribution in [1.29, 1.82) is 0 Å². The van der Waals surface area contributed by atoms with Crippen LogP contribution in [0.2, 0.25) is 0 Å². The van der Waals surface area contributed by atoms with Crippen molar-refractivity contribution in [2.75, 3.05) is 20.3 Å². The van der Waals surface area contributed by atoms with Gasteiger partial charge in [-0.15, -0.1) is 0 Å². The van der Waals surface area contributed by atoms with Gasteiger partial charge in [-0.05, 0) is 24.7 Å². The smallest absolute Gasteiger partial charge is 0.272 e. The van der Waals surface area contributed by atoms with E-state index in [-0.39, 0.29) is 12.1 Å². The van der Waals surface area contributed by atoms with Gasteiger partial charge in [0.05, 0.1) is 12.6 Å². The van der Waals surface area contributed by atoms with E-state index in [0.29, 0.717) is 11.8 Å². The van der Waals surface area contributed by atoms with Gasteiger partial charge in [0.2, 0.25) is 0 Å². The third kappa shape index (κ3) is 2.98. The van der Waals surface area contributed by atoms with Crippen molar-refractivity contribution in [2.24, 2.45) is 0 Å². The Hall–Kier alpha value is -1.17. The first-order valence-electron chi connectivity index (χ1n) is 6.00. The van der Waals surface area contributed by atoms with Crippen molar-refractivity contribution >= 4 is 17.4 Å². The van der Waals surface area contributed by atoms with Crippen molar-refractivity contribution in [3.63, 3.8) is 0 Å². The van der Waals surface area contributed by atoms with Gasteiger partial charge in [-0.3, -0.25) is 5.43 Å². The summed E-state index contributed by atoms with van der Waals surface area (Å²) in [4.78, 5) is 0. The van der Waals surface area contributed by atoms with Crippen LogP contribution in [0.25, 0.3) is 0 Å². The summed E-state index contributed by atoms with van der Waals surface area (Å²) in [6.45, 7) is 3.54. The average molecular weight is 266 g/mol. The zero-order chi connectivity index (χ0) is 13.0. The van der Waals surface area contributed by atoms with E-state index in [1.807, 2.05) is 18.2 Å². The summed E-state index contributed by atoms with van der Waals surface area (Å²) < 4.78 is 10.8. The number of ether oxygens (including phenoxy) is 2. The number of methoxy groups -OCH3 is 1. The Morgan fingerprint density at radius 3 is 2.78 bits per heavy atom. The predicted octanol–water partition coefficient (Wildman–Crippen LogP) is 1.88. The number of nitrogens with one attached hydrogen (secondary N) is 1. The Bertz CT molecular complexity index is 399. The van der Waals surface area contributed by atoms with Crippen LogP contribution in [0.15, 0.2) is 30.3 Å². The van der Waals surface area contributed by atoms with Crippen LogP contribution in [0, 0.1) is 0 Å². The molecule has 0 radical (unpaired) electrons. The molecule has 98 valence electrons. The lowest BCUT2D eigenvalue weighted by Crippen LogP contribution is -2.56. The minimum atomic E-state index is -0.0446. The Balaban J connectivity index is 2.12. The third-order valence-corrected chi connectivity index (χ3v) is 3.25. The summed E-state index contributed by atoms with van der Waals surface area (Å²) in [5.74, 6) is 0. The molecule has 0 spiro atoms. The van der Waals surface area contributed by atoms with Crippen LogP contribution in [0.4, 0.5) is 0 Å². The highest BCUT2D eigenvalue weighted by atomic mass is 32.1. The molecule has 1 aliphatic heterocycles. The molecule has 1 fully saturated rings. The maximum atomic E-state index is 5.73. The molecule has 0 aromatic heterocycles. The van der Waals surface area contributed by atoms with Crippen LogP contribution < -0.4 is 5.43 Å². The molecule has 0 aliphatic carbocycles. The zero-order valence-corrected chi connectivity index (χ0v) is 11.4. The molecule has 1 aliphatic rings. The third-order valence-electron chi connectivity index (χ3n) is 3.06. The van der Waals surface area contributed by atoms with E-state index in [2.05, 4.69) is 29.5 Å². The molecule has 1 aromatic rings. The molecular weight excluding hydrogens is 248 g/mol. The molecular formula is C13H18N2O2S. The van der Waals surface area contributed by atoms with E-state index < -0.39 is 0 Å². The molecule has 2 atom stereocenters. The van der Waals surface area contributed by atoms with E-state index in [1.165, 1.54) is 0 Å². The van der Waals surface area contributed by atoms with Crippen molar-refractivity contribution in [3.8, 4) is 0 Å². The van der Waals surface area contributed by atoms with Gasteiger partial charge in [-0.25, -0.2) is 5.01 Å². The highest BCUT2D eigenvalue weighted by molar-refractivity contribution is 7.80. The highest BCUT2D eigenvalue weighted by Gasteiger charge is 2.32. The number of thiocarbonyl (C=S) groups is 1. The molecule has 1 heterocycles. The van der Waals surface area contributed by atoms with Crippen LogP contribution in [0.1, 0.15) is 18.6 Å². The summed E-state index contributed by atoms with van der Waals surface area (Å²) >= 11 is 5.15. The molecule has 0 unspecified atom stereocenters. The van der Waals surface area contributed by atoms with Gasteiger partial charge >= 0.3 is 0 Å². The lowest BCUT2D eigenvalue weighted by Gasteiger charge is -2.40. The van der Waals surface area contributed by atoms with Gasteiger partial charge < -0.3 is 9.47 Å². The maximum absolute atomic E-state index is 5.73. The Morgan fingerprint density at radius 1 is 1.39 bits per heavy atom. The summed E-state index contributed by atoms with van der Waals surface area (Å²) in [6.07, 6.45) is -0.0446. The monoisotopic (exact) mass is 266 g/mol. The van der Waals surface area contributed by atoms with E-state index in [4.69, 9.17) is 21.7 Å². The number of benzene rings is 1. The molecule has 5 heteroatoms. The predicted molar refractivity (Wildman–Crippen MR) is 74.0 cm³/mol. The van der Waals surface area contributed by atoms with Gasteiger partial charge in [0, 0.05) is 13.7 Å². The number of hydrazine groups is 1. The van der Waals surface area contributed by atoms with Crippen molar-refractivity contribution in [1.82, 2.24) is 10.4 Å². The second kappa shape index (κ2) is 6.13. The normalized spacial score (nSPS) is 24.4. The van der Waals surface area contributed by atoms with Crippen LogP contribution >= 0.6 is 12.2 Å². The molecule has 0 amide bonds. The van der Waals surface area contributed by atoms with Crippen LogP contribution in [0.3, 0.4) is 0 Å². The van der Waals surface area contributed by atoms with E-state index >= 15 is 0 Å². The average Bonchev–Trinajstić information content (AvgIpc) is 2.40. The maximum Gasteiger partial charge on any atom is 0.272 e. The number of hydrogen-bond donors (Lipinski definition) is 1. The summed E-state index contributed by atoms with van der Waals surface area (Å²) in [5.41, 5.74) is 4.20. The van der Waals surface area contributed by atoms with Gasteiger partial charge in [-0.1, -0.05) is 30.3 Å². The van der Waals surface area contributed by atoms with Gasteiger partial charge in [0.15, 0.2) is 0 Å². The van der Waals surface area contributed by atoms with E-state index in [9.17, 15) is 0 Å². The number of nitrogens with zero attached hydrogens (tertiary/aromatic N) is 1. The first-order chi connectivity index (χ1) is 8.72. The van der Waals surface area contributed by atoms with Gasteiger partial charge in [-0.2, -0.15) is 0 Å². The summed E-state index contributed by atoms with van der Waals surface area (Å²) in [7, 11) is 1.69. The standard InChI is InChI=1S/C13H18N2O2S/c1-10-12(11-6-4-3-5-7-11)17-13(18)14-15(10)8-9-16-2/h3-7,10,12H,8-9H2,1-2H3,(H,14,18)/t10-,12-/m0/s1. The summed E-state index contributed by atoms with van der Waals surface area (Å²) in [5, 5.41) is 2.48. The van der Waals surface area contributed by atoms with E-state index in [1.54, 1.807) is 7.11 Å². The Morgan fingerprint density at radius 2 is 2.11 bits per heavy atom. The molecule has 1 saturated heterocycles. The van der Waals surface area contributed by atoms with Gasteiger partial charge in [0.25, 0.3) is 5.17 Å². The first kappa shape index (κ1) is 13.3. The lowest BCUT2D eigenvalue weighted by molar-refractivity contribution is -0.0105. The fourth-order valence-electron chi connectivity index (χ4n) is 2.06. The molecule has 4 nitrogen and oxygen atoms in total. The Labute approximate surface area is 113 Å². The van der Waals surface area contributed by atoms with Crippen LogP contribution in [-0.4, -0.2) is 36.5 Å². The quantitative estimate of drug-likeness (QED) is 0.842. The largest absolute Gasteiger partial charge is 0.460 e. The highest BCUT2D eigenvalue weighted by Crippen LogP contribution is 2.27. The Kier molecular flexibility index (Phi) is 4.52.